The van der Waals surface area contributed by atoms with Gasteiger partial charge in [-0.2, -0.15) is 0 Å². The van der Waals surface area contributed by atoms with Crippen LogP contribution in [-0.2, 0) is 0 Å². The number of hydrogen-bond donors (Lipinski definition) is 1. The van der Waals surface area contributed by atoms with Gasteiger partial charge in [0.25, 0.3) is 5.91 Å². The Morgan fingerprint density at radius 2 is 2.28 bits per heavy atom. The molecule has 1 amide bonds. The summed E-state index contributed by atoms with van der Waals surface area (Å²) < 4.78 is 0.716. The van der Waals surface area contributed by atoms with Gasteiger partial charge in [0.05, 0.1) is 18.2 Å². The molecule has 1 saturated heterocycles. The average molecular weight is 313 g/mol. The zero-order valence-corrected chi connectivity index (χ0v) is 11.8. The molecule has 2 rings (SSSR count). The van der Waals surface area contributed by atoms with E-state index in [0.717, 1.165) is 32.2 Å². The summed E-state index contributed by atoms with van der Waals surface area (Å²) in [5.41, 5.74) is 0.582. The number of carbonyl (C=O) groups is 1. The molecule has 0 saturated carbocycles. The summed E-state index contributed by atoms with van der Waals surface area (Å²) >= 11 is 3.25. The summed E-state index contributed by atoms with van der Waals surface area (Å²) in [6, 6.07) is 3.47. The lowest BCUT2D eigenvalue weighted by Gasteiger charge is -2.28. The van der Waals surface area contributed by atoms with Crippen LogP contribution < -0.4 is 0 Å². The topological polar surface area (TPSA) is 53.4 Å². The molecular weight excluding hydrogens is 296 g/mol. The smallest absolute Gasteiger partial charge is 0.255 e. The molecule has 1 atom stereocenters. The quantitative estimate of drug-likeness (QED) is 0.852. The Bertz CT molecular complexity index is 408. The minimum Gasteiger partial charge on any atom is -0.394 e. The van der Waals surface area contributed by atoms with E-state index in [-0.39, 0.29) is 18.6 Å². The van der Waals surface area contributed by atoms with E-state index < -0.39 is 0 Å². The van der Waals surface area contributed by atoms with E-state index in [1.165, 1.54) is 0 Å². The van der Waals surface area contributed by atoms with Crippen molar-refractivity contribution in [2.45, 2.75) is 31.7 Å². The maximum atomic E-state index is 12.4. The highest BCUT2D eigenvalue weighted by Gasteiger charge is 2.25. The van der Waals surface area contributed by atoms with Crippen molar-refractivity contribution in [2.24, 2.45) is 0 Å². The molecule has 1 N–H and O–H groups in total. The van der Waals surface area contributed by atoms with Crippen LogP contribution in [0, 0.1) is 0 Å². The number of halogens is 1. The SMILES string of the molecule is O=C(c1ccc(Br)nc1)N1CCCCCC1CO. The van der Waals surface area contributed by atoms with E-state index >= 15 is 0 Å². The lowest BCUT2D eigenvalue weighted by Crippen LogP contribution is -2.42. The molecule has 98 valence electrons. The molecular formula is C13H17BrN2O2. The molecule has 4 nitrogen and oxygen atoms in total. The Balaban J connectivity index is 2.17. The second-order valence-corrected chi connectivity index (χ2v) is 5.37. The predicted octanol–water partition coefficient (Wildman–Crippen LogP) is 2.22. The van der Waals surface area contributed by atoms with Crippen molar-refractivity contribution in [1.29, 1.82) is 0 Å². The molecule has 1 unspecified atom stereocenters. The number of pyridine rings is 1. The maximum Gasteiger partial charge on any atom is 0.255 e. The first kappa shape index (κ1) is 13.5. The monoisotopic (exact) mass is 312 g/mol. The van der Waals surface area contributed by atoms with Gasteiger partial charge in [-0.15, -0.1) is 0 Å². The number of nitrogens with zero attached hydrogens (tertiary/aromatic N) is 2. The third-order valence-corrected chi connectivity index (χ3v) is 3.79. The van der Waals surface area contributed by atoms with Gasteiger partial charge in [0, 0.05) is 12.7 Å². The molecule has 0 aliphatic carbocycles. The fourth-order valence-electron chi connectivity index (χ4n) is 2.30. The summed E-state index contributed by atoms with van der Waals surface area (Å²) in [5, 5.41) is 9.41. The van der Waals surface area contributed by atoms with E-state index in [9.17, 15) is 9.90 Å². The average Bonchev–Trinajstić information content (AvgIpc) is 2.63. The highest BCUT2D eigenvalue weighted by atomic mass is 79.9. The van der Waals surface area contributed by atoms with E-state index in [0.29, 0.717) is 10.2 Å². The van der Waals surface area contributed by atoms with Gasteiger partial charge in [-0.3, -0.25) is 4.79 Å². The summed E-state index contributed by atoms with van der Waals surface area (Å²) in [6.45, 7) is 0.760. The summed E-state index contributed by atoms with van der Waals surface area (Å²) in [7, 11) is 0. The van der Waals surface area contributed by atoms with Gasteiger partial charge in [-0.1, -0.05) is 12.8 Å². The number of carbonyl (C=O) groups excluding carboxylic acids is 1. The summed E-state index contributed by atoms with van der Waals surface area (Å²) in [4.78, 5) is 18.3. The molecule has 1 aromatic rings. The molecule has 5 heteroatoms. The van der Waals surface area contributed by atoms with Crippen molar-refractivity contribution in [3.05, 3.63) is 28.5 Å². The van der Waals surface area contributed by atoms with Gasteiger partial charge in [0.15, 0.2) is 0 Å². The number of rotatable bonds is 2. The molecule has 0 bridgehead atoms. The number of aliphatic hydroxyl groups is 1. The largest absolute Gasteiger partial charge is 0.394 e. The molecule has 0 spiro atoms. The van der Waals surface area contributed by atoms with Crippen LogP contribution in [0.2, 0.25) is 0 Å². The second-order valence-electron chi connectivity index (χ2n) is 4.55. The lowest BCUT2D eigenvalue weighted by molar-refractivity contribution is 0.0599. The molecule has 0 radical (unpaired) electrons. The van der Waals surface area contributed by atoms with E-state index in [1.807, 2.05) is 0 Å². The molecule has 1 fully saturated rings. The van der Waals surface area contributed by atoms with Crippen molar-refractivity contribution in [1.82, 2.24) is 9.88 Å². The van der Waals surface area contributed by atoms with Gasteiger partial charge < -0.3 is 10.0 Å². The van der Waals surface area contributed by atoms with Gasteiger partial charge in [-0.25, -0.2) is 4.98 Å². The van der Waals surface area contributed by atoms with Crippen LogP contribution in [0.25, 0.3) is 0 Å². The first-order valence-electron chi connectivity index (χ1n) is 6.26. The molecule has 0 aromatic carbocycles. The van der Waals surface area contributed by atoms with Crippen LogP contribution in [0.1, 0.15) is 36.0 Å². The predicted molar refractivity (Wildman–Crippen MR) is 72.3 cm³/mol. The zero-order valence-electron chi connectivity index (χ0n) is 10.2. The van der Waals surface area contributed by atoms with E-state index in [4.69, 9.17) is 0 Å². The highest BCUT2D eigenvalue weighted by molar-refractivity contribution is 9.10. The van der Waals surface area contributed by atoms with Gasteiger partial charge in [0.1, 0.15) is 4.60 Å². The minimum absolute atomic E-state index is 0.0315. The number of aromatic nitrogens is 1. The standard InChI is InChI=1S/C13H17BrN2O2/c14-12-6-5-10(8-15-12)13(18)16-7-3-1-2-4-11(16)9-17/h5-6,8,11,17H,1-4,7,9H2. The lowest BCUT2D eigenvalue weighted by atomic mass is 10.1. The molecule has 18 heavy (non-hydrogen) atoms. The van der Waals surface area contributed by atoms with Crippen LogP contribution >= 0.6 is 15.9 Å². The Hall–Kier alpha value is -0.940. The van der Waals surface area contributed by atoms with Crippen molar-refractivity contribution >= 4 is 21.8 Å². The van der Waals surface area contributed by atoms with Gasteiger partial charge >= 0.3 is 0 Å². The maximum absolute atomic E-state index is 12.4. The normalized spacial score (nSPS) is 20.6. The van der Waals surface area contributed by atoms with Crippen LogP contribution in [0.5, 0.6) is 0 Å². The minimum atomic E-state index is -0.0522. The van der Waals surface area contributed by atoms with Crippen molar-refractivity contribution in [2.75, 3.05) is 13.2 Å². The molecule has 1 aromatic heterocycles. The zero-order chi connectivity index (χ0) is 13.0. The summed E-state index contributed by atoms with van der Waals surface area (Å²) in [6.07, 6.45) is 5.66. The Morgan fingerprint density at radius 3 is 2.94 bits per heavy atom. The van der Waals surface area contributed by atoms with Crippen molar-refractivity contribution < 1.29 is 9.90 Å². The van der Waals surface area contributed by atoms with Crippen LogP contribution in [-0.4, -0.2) is 40.1 Å². The Labute approximate surface area is 115 Å². The highest BCUT2D eigenvalue weighted by Crippen LogP contribution is 2.19. The van der Waals surface area contributed by atoms with Crippen molar-refractivity contribution in [3.63, 3.8) is 0 Å². The molecule has 2 heterocycles. The third kappa shape index (κ3) is 3.09. The van der Waals surface area contributed by atoms with E-state index in [1.54, 1.807) is 23.2 Å². The van der Waals surface area contributed by atoms with E-state index in [2.05, 4.69) is 20.9 Å². The summed E-state index contributed by atoms with van der Waals surface area (Å²) in [5.74, 6) is -0.0315. The first-order valence-corrected chi connectivity index (χ1v) is 7.05. The number of amides is 1. The fraction of sp³-hybridized carbons (Fsp3) is 0.538. The Kier molecular flexibility index (Phi) is 4.72. The van der Waals surface area contributed by atoms with Crippen LogP contribution in [0.3, 0.4) is 0 Å². The second kappa shape index (κ2) is 6.29. The number of likely N-dealkylation sites (tertiary alicyclic amines) is 1. The number of hydrogen-bond acceptors (Lipinski definition) is 3. The van der Waals surface area contributed by atoms with Gasteiger partial charge in [-0.05, 0) is 40.9 Å². The van der Waals surface area contributed by atoms with Crippen molar-refractivity contribution in [3.8, 4) is 0 Å². The Morgan fingerprint density at radius 1 is 1.44 bits per heavy atom. The molecule has 1 aliphatic rings. The molecule has 1 aliphatic heterocycles. The van der Waals surface area contributed by atoms with Gasteiger partial charge in [0.2, 0.25) is 0 Å². The number of aliphatic hydroxyl groups excluding tert-OH is 1. The van der Waals surface area contributed by atoms with Crippen LogP contribution in [0.15, 0.2) is 22.9 Å². The third-order valence-electron chi connectivity index (χ3n) is 3.32. The first-order chi connectivity index (χ1) is 8.72. The van der Waals surface area contributed by atoms with Crippen LogP contribution in [0.4, 0.5) is 0 Å². The fourth-order valence-corrected chi connectivity index (χ4v) is 2.54.